The van der Waals surface area contributed by atoms with Crippen LogP contribution >= 0.6 is 0 Å². The van der Waals surface area contributed by atoms with E-state index in [0.717, 1.165) is 41.9 Å². The lowest BCUT2D eigenvalue weighted by molar-refractivity contribution is 0.288. The van der Waals surface area contributed by atoms with E-state index < -0.39 is 10.0 Å². The van der Waals surface area contributed by atoms with Crippen molar-refractivity contribution in [2.75, 3.05) is 11.3 Å². The first-order valence-electron chi connectivity index (χ1n) is 7.34. The van der Waals surface area contributed by atoms with Crippen LogP contribution in [0.25, 0.3) is 0 Å². The molecule has 0 saturated carbocycles. The number of rotatable bonds is 4. The summed E-state index contributed by atoms with van der Waals surface area (Å²) in [5, 5.41) is 0. The summed E-state index contributed by atoms with van der Waals surface area (Å²) < 4.78 is 32.9. The van der Waals surface area contributed by atoms with E-state index in [9.17, 15) is 8.42 Å². The minimum absolute atomic E-state index is 0.0206. The maximum atomic E-state index is 12.3. The summed E-state index contributed by atoms with van der Waals surface area (Å²) in [6.45, 7) is 2.65. The number of anilines is 1. The molecule has 1 N–H and O–H groups in total. The quantitative estimate of drug-likeness (QED) is 0.941. The molecule has 0 aromatic heterocycles. The van der Waals surface area contributed by atoms with Crippen LogP contribution in [0.3, 0.4) is 0 Å². The molecule has 1 aliphatic rings. The number of hydrogen-bond acceptors (Lipinski definition) is 3. The van der Waals surface area contributed by atoms with Gasteiger partial charge in [-0.2, -0.15) is 0 Å². The van der Waals surface area contributed by atoms with Gasteiger partial charge in [-0.25, -0.2) is 8.42 Å². The highest BCUT2D eigenvalue weighted by molar-refractivity contribution is 7.91. The second-order valence-electron chi connectivity index (χ2n) is 5.56. The Labute approximate surface area is 131 Å². The van der Waals surface area contributed by atoms with Crippen molar-refractivity contribution in [3.63, 3.8) is 0 Å². The van der Waals surface area contributed by atoms with Crippen LogP contribution in [0, 0.1) is 6.92 Å². The summed E-state index contributed by atoms with van der Waals surface area (Å²) in [6, 6.07) is 13.0. The molecule has 22 heavy (non-hydrogen) atoms. The zero-order chi connectivity index (χ0) is 15.6. The fraction of sp³-hybridized carbons (Fsp3) is 0.294. The monoisotopic (exact) mass is 317 g/mol. The lowest BCUT2D eigenvalue weighted by Gasteiger charge is -2.18. The Morgan fingerprint density at radius 3 is 2.82 bits per heavy atom. The Morgan fingerprint density at radius 2 is 2.00 bits per heavy atom. The molecule has 0 spiro atoms. The molecule has 0 fully saturated rings. The van der Waals surface area contributed by atoms with Gasteiger partial charge in [-0.3, -0.25) is 4.72 Å². The van der Waals surface area contributed by atoms with E-state index in [0.29, 0.717) is 5.69 Å². The topological polar surface area (TPSA) is 55.4 Å². The number of aryl methyl sites for hydroxylation is 2. The van der Waals surface area contributed by atoms with Gasteiger partial charge in [0.15, 0.2) is 0 Å². The average molecular weight is 317 g/mol. The maximum absolute atomic E-state index is 12.3. The third-order valence-corrected chi connectivity index (χ3v) is 5.03. The molecule has 0 radical (unpaired) electrons. The van der Waals surface area contributed by atoms with E-state index in [-0.39, 0.29) is 5.75 Å². The highest BCUT2D eigenvalue weighted by atomic mass is 32.2. The fourth-order valence-electron chi connectivity index (χ4n) is 2.62. The van der Waals surface area contributed by atoms with Gasteiger partial charge in [-0.05, 0) is 54.7 Å². The lowest BCUT2D eigenvalue weighted by atomic mass is 10.1. The van der Waals surface area contributed by atoms with Gasteiger partial charge in [-0.15, -0.1) is 0 Å². The van der Waals surface area contributed by atoms with Crippen LogP contribution in [0.2, 0.25) is 0 Å². The molecule has 0 amide bonds. The first-order valence-corrected chi connectivity index (χ1v) is 8.99. The lowest BCUT2D eigenvalue weighted by Crippen LogP contribution is -2.16. The van der Waals surface area contributed by atoms with Crippen molar-refractivity contribution >= 4 is 15.7 Å². The van der Waals surface area contributed by atoms with E-state index in [1.54, 1.807) is 6.07 Å². The Morgan fingerprint density at radius 1 is 1.18 bits per heavy atom. The van der Waals surface area contributed by atoms with Crippen LogP contribution in [-0.4, -0.2) is 15.0 Å². The molecule has 1 aliphatic heterocycles. The summed E-state index contributed by atoms with van der Waals surface area (Å²) in [7, 11) is -3.43. The Bertz CT molecular complexity index is 784. The standard InChI is InChI=1S/C17H19NO3S/c1-13-5-2-3-6-15(13)12-22(19,20)18-16-8-9-17-14(11-16)7-4-10-21-17/h2-3,5-6,8-9,11,18H,4,7,10,12H2,1H3. The Hall–Kier alpha value is -2.01. The summed E-state index contributed by atoms with van der Waals surface area (Å²) in [4.78, 5) is 0. The molecule has 5 heteroatoms. The van der Waals surface area contributed by atoms with Crippen LogP contribution in [-0.2, 0) is 22.2 Å². The van der Waals surface area contributed by atoms with E-state index >= 15 is 0 Å². The number of sulfonamides is 1. The minimum atomic E-state index is -3.43. The van der Waals surface area contributed by atoms with Gasteiger partial charge < -0.3 is 4.74 Å². The van der Waals surface area contributed by atoms with Gasteiger partial charge in [0.2, 0.25) is 10.0 Å². The predicted molar refractivity (Wildman–Crippen MR) is 87.7 cm³/mol. The highest BCUT2D eigenvalue weighted by Crippen LogP contribution is 2.28. The molecule has 3 rings (SSSR count). The molecule has 0 aliphatic carbocycles. The van der Waals surface area contributed by atoms with Crippen LogP contribution in [0.15, 0.2) is 42.5 Å². The summed E-state index contributed by atoms with van der Waals surface area (Å²) in [6.07, 6.45) is 1.88. The molecule has 4 nitrogen and oxygen atoms in total. The number of benzene rings is 2. The molecule has 0 bridgehead atoms. The number of hydrogen-bond donors (Lipinski definition) is 1. The van der Waals surface area contributed by atoms with Crippen molar-refractivity contribution in [1.29, 1.82) is 0 Å². The molecule has 2 aromatic carbocycles. The zero-order valence-corrected chi connectivity index (χ0v) is 13.3. The third kappa shape index (κ3) is 3.42. The smallest absolute Gasteiger partial charge is 0.236 e. The SMILES string of the molecule is Cc1ccccc1CS(=O)(=O)Nc1ccc2c(c1)CCCO2. The van der Waals surface area contributed by atoms with Gasteiger partial charge in [0.1, 0.15) is 5.75 Å². The first-order chi connectivity index (χ1) is 10.5. The third-order valence-electron chi connectivity index (χ3n) is 3.79. The van der Waals surface area contributed by atoms with Crippen LogP contribution in [0.5, 0.6) is 5.75 Å². The van der Waals surface area contributed by atoms with Gasteiger partial charge >= 0.3 is 0 Å². The van der Waals surface area contributed by atoms with Gasteiger partial charge in [0.25, 0.3) is 0 Å². The van der Waals surface area contributed by atoms with Gasteiger partial charge in [0.05, 0.1) is 12.4 Å². The van der Waals surface area contributed by atoms with Crippen molar-refractivity contribution < 1.29 is 13.2 Å². The van der Waals surface area contributed by atoms with Crippen LogP contribution < -0.4 is 9.46 Å². The van der Waals surface area contributed by atoms with Gasteiger partial charge in [-0.1, -0.05) is 24.3 Å². The first kappa shape index (κ1) is 14.9. The van der Waals surface area contributed by atoms with Crippen molar-refractivity contribution in [2.24, 2.45) is 0 Å². The maximum Gasteiger partial charge on any atom is 0.236 e. The molecule has 1 heterocycles. The van der Waals surface area contributed by atoms with Crippen LogP contribution in [0.4, 0.5) is 5.69 Å². The molecule has 0 saturated heterocycles. The largest absolute Gasteiger partial charge is 0.493 e. The van der Waals surface area contributed by atoms with Crippen molar-refractivity contribution in [2.45, 2.75) is 25.5 Å². The minimum Gasteiger partial charge on any atom is -0.493 e. The van der Waals surface area contributed by atoms with Crippen LogP contribution in [0.1, 0.15) is 23.1 Å². The number of ether oxygens (including phenoxy) is 1. The zero-order valence-electron chi connectivity index (χ0n) is 12.5. The summed E-state index contributed by atoms with van der Waals surface area (Å²) in [5.74, 6) is 0.834. The molecule has 2 aromatic rings. The molecule has 0 atom stereocenters. The Kier molecular flexibility index (Phi) is 4.07. The average Bonchev–Trinajstić information content (AvgIpc) is 2.49. The normalized spacial score (nSPS) is 14.0. The summed E-state index contributed by atoms with van der Waals surface area (Å²) in [5.41, 5.74) is 3.45. The Balaban J connectivity index is 1.78. The predicted octanol–water partition coefficient (Wildman–Crippen LogP) is 3.26. The summed E-state index contributed by atoms with van der Waals surface area (Å²) >= 11 is 0. The van der Waals surface area contributed by atoms with E-state index in [4.69, 9.17) is 4.74 Å². The van der Waals surface area contributed by atoms with E-state index in [1.165, 1.54) is 0 Å². The molecular weight excluding hydrogens is 298 g/mol. The highest BCUT2D eigenvalue weighted by Gasteiger charge is 2.15. The molecular formula is C17H19NO3S. The molecule has 116 valence electrons. The van der Waals surface area contributed by atoms with Crippen molar-refractivity contribution in [3.8, 4) is 5.75 Å². The second-order valence-corrected chi connectivity index (χ2v) is 7.28. The second kappa shape index (κ2) is 6.01. The number of nitrogens with one attached hydrogen (secondary N) is 1. The van der Waals surface area contributed by atoms with Crippen molar-refractivity contribution in [1.82, 2.24) is 0 Å². The van der Waals surface area contributed by atoms with E-state index in [1.807, 2.05) is 43.3 Å². The number of fused-ring (bicyclic) bond motifs is 1. The van der Waals surface area contributed by atoms with Gasteiger partial charge in [0, 0.05) is 5.69 Å². The van der Waals surface area contributed by atoms with E-state index in [2.05, 4.69) is 4.72 Å². The van der Waals surface area contributed by atoms with Crippen molar-refractivity contribution in [3.05, 3.63) is 59.2 Å². The fourth-order valence-corrected chi connectivity index (χ4v) is 3.91. The molecule has 0 unspecified atom stereocenters.